The summed E-state index contributed by atoms with van der Waals surface area (Å²) in [6.07, 6.45) is -2.97. The molecule has 3 rings (SSSR count). The summed E-state index contributed by atoms with van der Waals surface area (Å²) in [6, 6.07) is 10.8. The Morgan fingerprint density at radius 1 is 1.21 bits per heavy atom. The predicted molar refractivity (Wildman–Crippen MR) is 102 cm³/mol. The Kier molecular flexibility index (Phi) is 5.59. The lowest BCUT2D eigenvalue weighted by Gasteiger charge is -2.41. The molecular formula is C21H17ClF3NO2. The average molecular weight is 408 g/mol. The topological polar surface area (TPSA) is 30.5 Å². The first kappa shape index (κ1) is 20.1. The number of rotatable bonds is 2. The summed E-state index contributed by atoms with van der Waals surface area (Å²) in [7, 11) is 1.51. The number of fused-ring (bicyclic) bond motifs is 1. The van der Waals surface area contributed by atoms with Gasteiger partial charge in [0.05, 0.1) is 7.11 Å². The average Bonchev–Trinajstić information content (AvgIpc) is 2.67. The van der Waals surface area contributed by atoms with E-state index < -0.39 is 18.0 Å². The fraction of sp³-hybridized carbons (Fsp3) is 0.238. The molecule has 0 saturated carbocycles. The Morgan fingerprint density at radius 2 is 1.93 bits per heavy atom. The number of nitrogens with one attached hydrogen (secondary N) is 1. The minimum absolute atomic E-state index is 0.161. The van der Waals surface area contributed by atoms with Gasteiger partial charge in [-0.1, -0.05) is 35.7 Å². The summed E-state index contributed by atoms with van der Waals surface area (Å²) < 4.78 is 53.6. The van der Waals surface area contributed by atoms with E-state index in [0.717, 1.165) is 0 Å². The van der Waals surface area contributed by atoms with Gasteiger partial charge < -0.3 is 14.8 Å². The standard InChI is InChI=1S/C21H17ClF3NO2/c1-3-4-5-12-20(21(23,24)25)17-13-15(22)8-11-18(17)26-19(28-20)14-6-9-16(27-2)10-7-14/h3-4,6-11,13,19,26H,1-2H3/b4-3+/t19?,20-/m0/s1. The van der Waals surface area contributed by atoms with Crippen LogP contribution in [-0.2, 0) is 10.3 Å². The van der Waals surface area contributed by atoms with Crippen molar-refractivity contribution in [3.8, 4) is 17.6 Å². The van der Waals surface area contributed by atoms with Gasteiger partial charge in [0.1, 0.15) is 5.75 Å². The smallest absolute Gasteiger partial charge is 0.433 e. The maximum atomic E-state index is 14.3. The number of halogens is 4. The molecule has 0 aliphatic carbocycles. The fourth-order valence-corrected chi connectivity index (χ4v) is 3.06. The third-order valence-corrected chi connectivity index (χ3v) is 4.49. The molecule has 0 amide bonds. The van der Waals surface area contributed by atoms with Crippen LogP contribution in [0.2, 0.25) is 5.02 Å². The molecule has 1 unspecified atom stereocenters. The Balaban J connectivity index is 2.18. The van der Waals surface area contributed by atoms with Crippen LogP contribution in [0.5, 0.6) is 5.75 Å². The second kappa shape index (κ2) is 7.78. The third kappa shape index (κ3) is 3.68. The summed E-state index contributed by atoms with van der Waals surface area (Å²) in [5, 5.41) is 3.15. The van der Waals surface area contributed by atoms with Crippen molar-refractivity contribution in [2.45, 2.75) is 24.9 Å². The zero-order chi connectivity index (χ0) is 20.4. The van der Waals surface area contributed by atoms with Crippen molar-refractivity contribution in [1.82, 2.24) is 0 Å². The number of anilines is 1. The summed E-state index contributed by atoms with van der Waals surface area (Å²) in [5.41, 5.74) is -2.25. The Morgan fingerprint density at radius 3 is 2.54 bits per heavy atom. The van der Waals surface area contributed by atoms with Crippen LogP contribution in [0.25, 0.3) is 0 Å². The van der Waals surface area contributed by atoms with Crippen molar-refractivity contribution in [3.63, 3.8) is 0 Å². The van der Waals surface area contributed by atoms with Gasteiger partial charge in [-0.2, -0.15) is 13.2 Å². The lowest BCUT2D eigenvalue weighted by Crippen LogP contribution is -2.48. The molecule has 2 atom stereocenters. The molecule has 0 saturated heterocycles. The monoisotopic (exact) mass is 407 g/mol. The molecule has 0 aromatic heterocycles. The van der Waals surface area contributed by atoms with Gasteiger partial charge >= 0.3 is 6.18 Å². The first-order chi connectivity index (χ1) is 13.3. The molecule has 1 aliphatic heterocycles. The summed E-state index contributed by atoms with van der Waals surface area (Å²) in [5.74, 6) is 5.30. The molecule has 28 heavy (non-hydrogen) atoms. The molecule has 7 heteroatoms. The SMILES string of the molecule is C/C=C/C#C[C@]1(C(F)(F)F)OC(c2ccc(OC)cc2)Nc2ccc(Cl)cc21. The molecule has 0 bridgehead atoms. The molecular weight excluding hydrogens is 391 g/mol. The number of hydrogen-bond acceptors (Lipinski definition) is 3. The van der Waals surface area contributed by atoms with Gasteiger partial charge in [-0.3, -0.25) is 0 Å². The number of allylic oxidation sites excluding steroid dienone is 2. The predicted octanol–water partition coefficient (Wildman–Crippen LogP) is 5.83. The highest BCUT2D eigenvalue weighted by Crippen LogP contribution is 2.51. The molecule has 1 N–H and O–H groups in total. The van der Waals surface area contributed by atoms with Crippen LogP contribution in [-0.4, -0.2) is 13.3 Å². The molecule has 1 aliphatic rings. The lowest BCUT2D eigenvalue weighted by molar-refractivity contribution is -0.273. The Bertz CT molecular complexity index is 945. The second-order valence-corrected chi connectivity index (χ2v) is 6.49. The first-order valence-electron chi connectivity index (χ1n) is 8.39. The van der Waals surface area contributed by atoms with Gasteiger partial charge in [-0.25, -0.2) is 0 Å². The molecule has 1 heterocycles. The van der Waals surface area contributed by atoms with Gasteiger partial charge in [0, 0.05) is 21.8 Å². The molecule has 146 valence electrons. The van der Waals surface area contributed by atoms with Gasteiger partial charge in [0.2, 0.25) is 0 Å². The minimum Gasteiger partial charge on any atom is -0.497 e. The van der Waals surface area contributed by atoms with Crippen LogP contribution in [0.15, 0.2) is 54.6 Å². The number of hydrogen-bond donors (Lipinski definition) is 1. The van der Waals surface area contributed by atoms with E-state index in [1.54, 1.807) is 37.3 Å². The lowest BCUT2D eigenvalue weighted by atomic mass is 9.89. The van der Waals surface area contributed by atoms with Crippen molar-refractivity contribution in [2.75, 3.05) is 12.4 Å². The third-order valence-electron chi connectivity index (χ3n) is 4.26. The molecule has 0 fully saturated rings. The maximum absolute atomic E-state index is 14.3. The van der Waals surface area contributed by atoms with E-state index >= 15 is 0 Å². The van der Waals surface area contributed by atoms with Crippen molar-refractivity contribution in [1.29, 1.82) is 0 Å². The van der Waals surface area contributed by atoms with Gasteiger partial charge in [-0.05, 0) is 49.3 Å². The fourth-order valence-electron chi connectivity index (χ4n) is 2.89. The Hall–Kier alpha value is -2.62. The van der Waals surface area contributed by atoms with Gasteiger partial charge in [-0.15, -0.1) is 0 Å². The molecule has 2 aromatic carbocycles. The van der Waals surface area contributed by atoms with Gasteiger partial charge in [0.25, 0.3) is 5.60 Å². The summed E-state index contributed by atoms with van der Waals surface area (Å²) >= 11 is 5.98. The van der Waals surface area contributed by atoms with E-state index in [1.807, 2.05) is 0 Å². The molecule has 2 aromatic rings. The molecule has 3 nitrogen and oxygen atoms in total. The van der Waals surface area contributed by atoms with Crippen LogP contribution in [0.4, 0.5) is 18.9 Å². The maximum Gasteiger partial charge on any atom is 0.433 e. The van der Waals surface area contributed by atoms with E-state index in [4.69, 9.17) is 21.1 Å². The Labute approximate surface area is 166 Å². The minimum atomic E-state index is -4.80. The van der Waals surface area contributed by atoms with Crippen LogP contribution in [0.1, 0.15) is 24.3 Å². The van der Waals surface area contributed by atoms with E-state index in [9.17, 15) is 13.2 Å². The van der Waals surface area contributed by atoms with Gasteiger partial charge in [0.15, 0.2) is 6.23 Å². The van der Waals surface area contributed by atoms with Crippen molar-refractivity contribution < 1.29 is 22.6 Å². The van der Waals surface area contributed by atoms with E-state index in [1.165, 1.54) is 31.4 Å². The number of alkyl halides is 3. The van der Waals surface area contributed by atoms with Crippen LogP contribution in [0, 0.1) is 11.8 Å². The molecule has 0 spiro atoms. The van der Waals surface area contributed by atoms with Crippen LogP contribution < -0.4 is 10.1 Å². The highest BCUT2D eigenvalue weighted by molar-refractivity contribution is 6.30. The van der Waals surface area contributed by atoms with E-state index in [-0.39, 0.29) is 16.3 Å². The number of benzene rings is 2. The van der Waals surface area contributed by atoms with Crippen LogP contribution >= 0.6 is 11.6 Å². The van der Waals surface area contributed by atoms with Crippen molar-refractivity contribution in [3.05, 3.63) is 70.8 Å². The van der Waals surface area contributed by atoms with Crippen molar-refractivity contribution >= 4 is 17.3 Å². The normalized spacial score (nSPS) is 21.4. The quantitative estimate of drug-likeness (QED) is 0.636. The zero-order valence-corrected chi connectivity index (χ0v) is 15.9. The second-order valence-electron chi connectivity index (χ2n) is 6.05. The van der Waals surface area contributed by atoms with E-state index in [2.05, 4.69) is 17.2 Å². The number of methoxy groups -OCH3 is 1. The summed E-state index contributed by atoms with van der Waals surface area (Å²) in [4.78, 5) is 0. The van der Waals surface area contributed by atoms with Crippen LogP contribution in [0.3, 0.4) is 0 Å². The highest BCUT2D eigenvalue weighted by Gasteiger charge is 2.60. The highest BCUT2D eigenvalue weighted by atomic mass is 35.5. The largest absolute Gasteiger partial charge is 0.497 e. The van der Waals surface area contributed by atoms with Crippen molar-refractivity contribution in [2.24, 2.45) is 0 Å². The van der Waals surface area contributed by atoms with E-state index in [0.29, 0.717) is 11.3 Å². The zero-order valence-electron chi connectivity index (χ0n) is 15.1. The number of ether oxygens (including phenoxy) is 2. The first-order valence-corrected chi connectivity index (χ1v) is 8.77. The summed E-state index contributed by atoms with van der Waals surface area (Å²) in [6.45, 7) is 1.67. The molecule has 0 radical (unpaired) electrons.